The van der Waals surface area contributed by atoms with Gasteiger partial charge in [-0.3, -0.25) is 0 Å². The number of halogens is 2. The molecule has 0 unspecified atom stereocenters. The first kappa shape index (κ1) is 18.7. The number of aromatic nitrogens is 3. The van der Waals surface area contributed by atoms with Crippen LogP contribution in [-0.2, 0) is 6.42 Å². The van der Waals surface area contributed by atoms with Gasteiger partial charge >= 0.3 is 0 Å². The average Bonchev–Trinajstić information content (AvgIpc) is 3.22. The van der Waals surface area contributed by atoms with Crippen LogP contribution in [0.2, 0.25) is 0 Å². The van der Waals surface area contributed by atoms with Crippen molar-refractivity contribution < 1.29 is 13.8 Å². The minimum Gasteiger partial charge on any atom is -0.493 e. The van der Waals surface area contributed by atoms with Crippen molar-refractivity contribution in [3.05, 3.63) is 46.7 Å². The van der Waals surface area contributed by atoms with Crippen molar-refractivity contribution in [2.75, 3.05) is 6.61 Å². The molecule has 2 aromatic heterocycles. The highest BCUT2D eigenvalue weighted by molar-refractivity contribution is 6.43. The Morgan fingerprint density at radius 1 is 1.04 bits per heavy atom. The highest BCUT2D eigenvalue weighted by Crippen LogP contribution is 2.31. The molecule has 0 saturated carbocycles. The minimum atomic E-state index is -0.839. The molecule has 0 radical (unpaired) electrons. The molecular weight excluding hydrogens is 377 g/mol. The summed E-state index contributed by atoms with van der Waals surface area (Å²) in [5.41, 5.74) is 3.71. The zero-order valence-electron chi connectivity index (χ0n) is 14.8. The lowest BCUT2D eigenvalue weighted by molar-refractivity contribution is 0.296. The molecule has 0 atom stereocenters. The molecule has 0 aliphatic rings. The van der Waals surface area contributed by atoms with Crippen molar-refractivity contribution in [1.82, 2.24) is 15.3 Å². The summed E-state index contributed by atoms with van der Waals surface area (Å²) < 4.78 is 16.2. The summed E-state index contributed by atoms with van der Waals surface area (Å²) in [7, 11) is 0. The summed E-state index contributed by atoms with van der Waals surface area (Å²) in [6, 6.07) is 5.85. The summed E-state index contributed by atoms with van der Waals surface area (Å²) in [6.45, 7) is 6.47. The summed E-state index contributed by atoms with van der Waals surface area (Å²) in [5, 5.41) is 7.80. The van der Waals surface area contributed by atoms with Crippen molar-refractivity contribution >= 4 is 23.2 Å². The van der Waals surface area contributed by atoms with Crippen LogP contribution >= 0.6 is 23.2 Å². The third-order valence-corrected chi connectivity index (χ3v) is 4.21. The normalized spacial score (nSPS) is 11.3. The van der Waals surface area contributed by atoms with Crippen LogP contribution in [0, 0.1) is 20.8 Å². The van der Waals surface area contributed by atoms with Crippen molar-refractivity contribution in [3.63, 3.8) is 0 Å². The van der Waals surface area contributed by atoms with Crippen molar-refractivity contribution in [2.24, 2.45) is 0 Å². The average molecular weight is 396 g/mol. The number of alkyl halides is 2. The molecule has 0 amide bonds. The Labute approximate surface area is 161 Å². The number of nitrogens with zero attached hydrogens (tertiary/aromatic N) is 3. The van der Waals surface area contributed by atoms with E-state index in [0.29, 0.717) is 12.4 Å². The molecule has 138 valence electrons. The second-order valence-electron chi connectivity index (χ2n) is 6.08. The smallest absolute Gasteiger partial charge is 0.260 e. The van der Waals surface area contributed by atoms with Crippen molar-refractivity contribution in [3.8, 4) is 17.1 Å². The quantitative estimate of drug-likeness (QED) is 0.407. The van der Waals surface area contributed by atoms with Gasteiger partial charge in [0.05, 0.1) is 12.3 Å². The molecule has 0 fully saturated rings. The second kappa shape index (κ2) is 8.10. The van der Waals surface area contributed by atoms with Crippen LogP contribution in [0.1, 0.15) is 39.7 Å². The molecule has 0 N–H and O–H groups in total. The number of aryl methyl sites for hydroxylation is 4. The van der Waals surface area contributed by atoms with Gasteiger partial charge < -0.3 is 13.8 Å². The highest BCUT2D eigenvalue weighted by atomic mass is 35.5. The van der Waals surface area contributed by atoms with Gasteiger partial charge in [0.2, 0.25) is 5.82 Å². The van der Waals surface area contributed by atoms with Crippen LogP contribution in [-0.4, -0.2) is 21.9 Å². The van der Waals surface area contributed by atoms with E-state index in [-0.39, 0.29) is 5.89 Å². The maximum atomic E-state index is 5.96. The molecule has 2 heterocycles. The van der Waals surface area contributed by atoms with Gasteiger partial charge in [-0.25, -0.2) is 0 Å². The van der Waals surface area contributed by atoms with Gasteiger partial charge in [0.25, 0.3) is 5.89 Å². The molecule has 6 nitrogen and oxygen atoms in total. The van der Waals surface area contributed by atoms with E-state index >= 15 is 0 Å². The van der Waals surface area contributed by atoms with E-state index in [4.69, 9.17) is 37.0 Å². The zero-order valence-corrected chi connectivity index (χ0v) is 16.3. The van der Waals surface area contributed by atoms with Crippen LogP contribution in [0.5, 0.6) is 5.75 Å². The van der Waals surface area contributed by atoms with Crippen LogP contribution < -0.4 is 4.74 Å². The molecular formula is C18H19Cl2N3O3. The van der Waals surface area contributed by atoms with E-state index in [1.165, 1.54) is 0 Å². The molecule has 0 aliphatic heterocycles. The summed E-state index contributed by atoms with van der Waals surface area (Å²) in [5.74, 6) is 2.37. The maximum absolute atomic E-state index is 5.96. The van der Waals surface area contributed by atoms with Gasteiger partial charge in [-0.15, -0.1) is 0 Å². The third-order valence-electron chi connectivity index (χ3n) is 3.84. The van der Waals surface area contributed by atoms with Gasteiger partial charge in [0.15, 0.2) is 4.84 Å². The predicted octanol–water partition coefficient (Wildman–Crippen LogP) is 5.14. The lowest BCUT2D eigenvalue weighted by Gasteiger charge is -2.13. The Hall–Kier alpha value is -2.05. The van der Waals surface area contributed by atoms with Crippen molar-refractivity contribution in [2.45, 2.75) is 38.4 Å². The lowest BCUT2D eigenvalue weighted by Crippen LogP contribution is -2.02. The number of hydrogen-bond acceptors (Lipinski definition) is 6. The zero-order chi connectivity index (χ0) is 18.7. The molecule has 26 heavy (non-hydrogen) atoms. The van der Waals surface area contributed by atoms with Crippen LogP contribution in [0.15, 0.2) is 27.2 Å². The van der Waals surface area contributed by atoms with E-state index in [0.717, 1.165) is 46.7 Å². The van der Waals surface area contributed by atoms with Gasteiger partial charge in [-0.1, -0.05) is 33.5 Å². The second-order valence-corrected chi connectivity index (χ2v) is 7.18. The Bertz CT molecular complexity index is 866. The summed E-state index contributed by atoms with van der Waals surface area (Å²) >= 11 is 11.5. The SMILES string of the molecule is Cc1cc(CCCOc2c(C)cc(-c3noc(C(Cl)Cl)n3)cc2C)on1. The topological polar surface area (TPSA) is 74.2 Å². The van der Waals surface area contributed by atoms with Gasteiger partial charge in [-0.05, 0) is 50.5 Å². The van der Waals surface area contributed by atoms with Gasteiger partial charge in [0.1, 0.15) is 11.5 Å². The van der Waals surface area contributed by atoms with E-state index in [9.17, 15) is 0 Å². The van der Waals surface area contributed by atoms with Gasteiger partial charge in [0, 0.05) is 18.1 Å². The van der Waals surface area contributed by atoms with Crippen LogP contribution in [0.4, 0.5) is 0 Å². The first-order valence-electron chi connectivity index (χ1n) is 8.22. The fourth-order valence-corrected chi connectivity index (χ4v) is 2.88. The number of benzene rings is 1. The third kappa shape index (κ3) is 4.37. The van der Waals surface area contributed by atoms with E-state index in [1.54, 1.807) is 0 Å². The highest BCUT2D eigenvalue weighted by Gasteiger charge is 2.16. The largest absolute Gasteiger partial charge is 0.493 e. The first-order chi connectivity index (χ1) is 12.4. The molecule has 0 aliphatic carbocycles. The Morgan fingerprint density at radius 3 is 2.35 bits per heavy atom. The summed E-state index contributed by atoms with van der Waals surface area (Å²) in [6.07, 6.45) is 1.64. The van der Waals surface area contributed by atoms with E-state index < -0.39 is 4.84 Å². The fourth-order valence-electron chi connectivity index (χ4n) is 2.70. The van der Waals surface area contributed by atoms with Crippen molar-refractivity contribution in [1.29, 1.82) is 0 Å². The molecule has 8 heteroatoms. The molecule has 3 rings (SSSR count). The van der Waals surface area contributed by atoms with Crippen LogP contribution in [0.3, 0.4) is 0 Å². The maximum Gasteiger partial charge on any atom is 0.260 e. The van der Waals surface area contributed by atoms with E-state index in [2.05, 4.69) is 15.3 Å². The van der Waals surface area contributed by atoms with Crippen LogP contribution in [0.25, 0.3) is 11.4 Å². The standard InChI is InChI=1S/C18H19Cl2N3O3/c1-10-7-13(17-21-18(16(19)20)26-23-17)8-11(2)15(10)24-6-4-5-14-9-12(3)22-25-14/h7-9,16H,4-6H2,1-3H3. The Balaban J connectivity index is 1.65. The number of rotatable bonds is 7. The number of hydrogen-bond donors (Lipinski definition) is 0. The predicted molar refractivity (Wildman–Crippen MR) is 98.7 cm³/mol. The first-order valence-corrected chi connectivity index (χ1v) is 9.09. The molecule has 0 bridgehead atoms. The molecule has 0 saturated heterocycles. The Morgan fingerprint density at radius 2 is 1.77 bits per heavy atom. The van der Waals surface area contributed by atoms with E-state index in [1.807, 2.05) is 39.0 Å². The minimum absolute atomic E-state index is 0.182. The lowest BCUT2D eigenvalue weighted by atomic mass is 10.1. The molecule has 1 aromatic carbocycles. The Kier molecular flexibility index (Phi) is 5.84. The summed E-state index contributed by atoms with van der Waals surface area (Å²) in [4.78, 5) is 3.37. The molecule has 3 aromatic rings. The fraction of sp³-hybridized carbons (Fsp3) is 0.389. The monoisotopic (exact) mass is 395 g/mol. The van der Waals surface area contributed by atoms with Gasteiger partial charge in [-0.2, -0.15) is 4.98 Å². The number of ether oxygens (including phenoxy) is 1. The molecule has 0 spiro atoms.